The molecule has 17 heavy (non-hydrogen) atoms. The van der Waals surface area contributed by atoms with Crippen molar-refractivity contribution in [2.45, 2.75) is 26.7 Å². The molecule has 94 valence electrons. The Morgan fingerprint density at radius 3 is 2.82 bits per heavy atom. The number of carbonyl (C=O) groups excluding carboxylic acids is 1. The number of hydrogen-bond donors (Lipinski definition) is 1. The van der Waals surface area contributed by atoms with E-state index in [4.69, 9.17) is 10.5 Å². The van der Waals surface area contributed by atoms with Gasteiger partial charge in [0.2, 0.25) is 0 Å². The van der Waals surface area contributed by atoms with Crippen molar-refractivity contribution in [2.75, 3.05) is 12.3 Å². The molecule has 0 saturated heterocycles. The second kappa shape index (κ2) is 6.23. The molecule has 1 aromatic carbocycles. The van der Waals surface area contributed by atoms with E-state index in [0.29, 0.717) is 12.5 Å². The first-order valence-electron chi connectivity index (χ1n) is 5.76. The Morgan fingerprint density at radius 1 is 1.53 bits per heavy atom. The molecule has 0 bridgehead atoms. The summed E-state index contributed by atoms with van der Waals surface area (Å²) >= 11 is 0. The minimum atomic E-state index is -0.495. The average molecular weight is 239 g/mol. The maximum Gasteiger partial charge on any atom is 0.340 e. The molecule has 0 heterocycles. The summed E-state index contributed by atoms with van der Waals surface area (Å²) in [5, 5.41) is 0. The Labute approximate surface area is 101 Å². The lowest BCUT2D eigenvalue weighted by Gasteiger charge is -2.11. The highest BCUT2D eigenvalue weighted by atomic mass is 19.1. The third-order valence-corrected chi connectivity index (χ3v) is 2.51. The van der Waals surface area contributed by atoms with Gasteiger partial charge in [0.05, 0.1) is 12.2 Å². The molecule has 0 radical (unpaired) electrons. The van der Waals surface area contributed by atoms with E-state index < -0.39 is 11.8 Å². The van der Waals surface area contributed by atoms with E-state index in [2.05, 4.69) is 6.92 Å². The number of anilines is 1. The van der Waals surface area contributed by atoms with Crippen LogP contribution in [0.15, 0.2) is 18.2 Å². The smallest absolute Gasteiger partial charge is 0.340 e. The number of hydrogen-bond acceptors (Lipinski definition) is 3. The average Bonchev–Trinajstić information content (AvgIpc) is 2.26. The Kier molecular flexibility index (Phi) is 4.94. The maximum absolute atomic E-state index is 12.8. The van der Waals surface area contributed by atoms with Crippen molar-refractivity contribution in [3.05, 3.63) is 29.6 Å². The monoisotopic (exact) mass is 239 g/mol. The molecule has 4 heteroatoms. The normalized spacial score (nSPS) is 12.2. The molecule has 3 nitrogen and oxygen atoms in total. The fourth-order valence-electron chi connectivity index (χ4n) is 1.59. The van der Waals surface area contributed by atoms with Gasteiger partial charge in [-0.25, -0.2) is 9.18 Å². The van der Waals surface area contributed by atoms with Gasteiger partial charge in [0, 0.05) is 5.69 Å². The zero-order chi connectivity index (χ0) is 12.8. The molecule has 0 amide bonds. The Morgan fingerprint density at radius 2 is 2.24 bits per heavy atom. The van der Waals surface area contributed by atoms with E-state index in [1.54, 1.807) is 0 Å². The van der Waals surface area contributed by atoms with Crippen molar-refractivity contribution < 1.29 is 13.9 Å². The molecular formula is C13H18FNO2. The van der Waals surface area contributed by atoms with Crippen LogP contribution in [0.1, 0.15) is 37.0 Å². The minimum Gasteiger partial charge on any atom is -0.462 e. The summed E-state index contributed by atoms with van der Waals surface area (Å²) in [5.41, 5.74) is 5.87. The van der Waals surface area contributed by atoms with E-state index >= 15 is 0 Å². The Hall–Kier alpha value is -1.58. The number of carbonyl (C=O) groups is 1. The summed E-state index contributed by atoms with van der Waals surface area (Å²) in [6.07, 6.45) is 2.06. The quantitative estimate of drug-likeness (QED) is 0.634. The fraction of sp³-hybridized carbons (Fsp3) is 0.462. The summed E-state index contributed by atoms with van der Waals surface area (Å²) in [4.78, 5) is 11.7. The molecule has 1 aromatic rings. The Bertz CT molecular complexity index is 393. The van der Waals surface area contributed by atoms with E-state index in [1.807, 2.05) is 6.92 Å². The summed E-state index contributed by atoms with van der Waals surface area (Å²) in [7, 11) is 0. The van der Waals surface area contributed by atoms with Crippen molar-refractivity contribution >= 4 is 11.7 Å². The van der Waals surface area contributed by atoms with Gasteiger partial charge in [0.1, 0.15) is 5.82 Å². The first kappa shape index (κ1) is 13.5. The van der Waals surface area contributed by atoms with Gasteiger partial charge in [-0.05, 0) is 30.5 Å². The maximum atomic E-state index is 12.8. The molecule has 1 atom stereocenters. The number of halogens is 1. The molecular weight excluding hydrogens is 221 g/mol. The highest BCUT2D eigenvalue weighted by Crippen LogP contribution is 2.15. The minimum absolute atomic E-state index is 0.109. The lowest BCUT2D eigenvalue weighted by Crippen LogP contribution is -2.13. The largest absolute Gasteiger partial charge is 0.462 e. The van der Waals surface area contributed by atoms with Crippen LogP contribution in [0.5, 0.6) is 0 Å². The number of ether oxygens (including phenoxy) is 1. The van der Waals surface area contributed by atoms with E-state index in [0.717, 1.165) is 18.9 Å². The lowest BCUT2D eigenvalue weighted by atomic mass is 10.1. The SMILES string of the molecule is CCCC(C)COC(=O)c1ccc(F)cc1N. The zero-order valence-corrected chi connectivity index (χ0v) is 10.2. The number of nitrogens with two attached hydrogens (primary N) is 1. The number of nitrogen functional groups attached to an aromatic ring is 1. The molecule has 0 fully saturated rings. The van der Waals surface area contributed by atoms with Crippen LogP contribution in [-0.2, 0) is 4.74 Å². The fourth-order valence-corrected chi connectivity index (χ4v) is 1.59. The third-order valence-electron chi connectivity index (χ3n) is 2.51. The number of esters is 1. The molecule has 0 saturated carbocycles. The first-order valence-corrected chi connectivity index (χ1v) is 5.76. The van der Waals surface area contributed by atoms with Gasteiger partial charge in [0.25, 0.3) is 0 Å². The van der Waals surface area contributed by atoms with Crippen molar-refractivity contribution in [3.8, 4) is 0 Å². The molecule has 0 aliphatic rings. The van der Waals surface area contributed by atoms with Crippen LogP contribution in [0.3, 0.4) is 0 Å². The van der Waals surface area contributed by atoms with Crippen LogP contribution in [0.4, 0.5) is 10.1 Å². The second-order valence-corrected chi connectivity index (χ2v) is 4.22. The van der Waals surface area contributed by atoms with Gasteiger partial charge in [-0.2, -0.15) is 0 Å². The van der Waals surface area contributed by atoms with Gasteiger partial charge in [0.15, 0.2) is 0 Å². The molecule has 2 N–H and O–H groups in total. The van der Waals surface area contributed by atoms with E-state index in [9.17, 15) is 9.18 Å². The van der Waals surface area contributed by atoms with Crippen LogP contribution in [0, 0.1) is 11.7 Å². The second-order valence-electron chi connectivity index (χ2n) is 4.22. The van der Waals surface area contributed by atoms with E-state index in [-0.39, 0.29) is 11.3 Å². The van der Waals surface area contributed by atoms with Crippen LogP contribution in [-0.4, -0.2) is 12.6 Å². The molecule has 0 aromatic heterocycles. The summed E-state index contributed by atoms with van der Waals surface area (Å²) in [6.45, 7) is 4.46. The van der Waals surface area contributed by atoms with Crippen molar-refractivity contribution in [3.63, 3.8) is 0 Å². The summed E-state index contributed by atoms with van der Waals surface area (Å²) < 4.78 is 17.9. The van der Waals surface area contributed by atoms with Gasteiger partial charge in [-0.15, -0.1) is 0 Å². The molecule has 0 spiro atoms. The predicted molar refractivity (Wildman–Crippen MR) is 65.2 cm³/mol. The molecule has 0 aliphatic heterocycles. The summed E-state index contributed by atoms with van der Waals surface area (Å²) in [6, 6.07) is 3.66. The van der Waals surface area contributed by atoms with E-state index in [1.165, 1.54) is 12.1 Å². The highest BCUT2D eigenvalue weighted by molar-refractivity contribution is 5.94. The first-order chi connectivity index (χ1) is 8.04. The third kappa shape index (κ3) is 4.06. The van der Waals surface area contributed by atoms with Crippen LogP contribution in [0.2, 0.25) is 0 Å². The lowest BCUT2D eigenvalue weighted by molar-refractivity contribution is 0.0445. The number of rotatable bonds is 5. The molecule has 0 aliphatic carbocycles. The predicted octanol–water partition coefficient (Wildman–Crippen LogP) is 3.00. The van der Waals surface area contributed by atoms with Crippen LogP contribution >= 0.6 is 0 Å². The zero-order valence-electron chi connectivity index (χ0n) is 10.2. The van der Waals surface area contributed by atoms with Gasteiger partial charge >= 0.3 is 5.97 Å². The van der Waals surface area contributed by atoms with Gasteiger partial charge in [-0.3, -0.25) is 0 Å². The van der Waals surface area contributed by atoms with Crippen LogP contribution < -0.4 is 5.73 Å². The standard InChI is InChI=1S/C13H18FNO2/c1-3-4-9(2)8-17-13(16)11-6-5-10(14)7-12(11)15/h5-7,9H,3-4,8,15H2,1-2H3. The Balaban J connectivity index is 2.58. The molecule has 1 unspecified atom stereocenters. The highest BCUT2D eigenvalue weighted by Gasteiger charge is 2.13. The van der Waals surface area contributed by atoms with Crippen LogP contribution in [0.25, 0.3) is 0 Å². The molecule has 1 rings (SSSR count). The van der Waals surface area contributed by atoms with Crippen molar-refractivity contribution in [1.29, 1.82) is 0 Å². The van der Waals surface area contributed by atoms with Crippen molar-refractivity contribution in [1.82, 2.24) is 0 Å². The number of benzene rings is 1. The topological polar surface area (TPSA) is 52.3 Å². The van der Waals surface area contributed by atoms with Gasteiger partial charge < -0.3 is 10.5 Å². The van der Waals surface area contributed by atoms with Crippen molar-refractivity contribution in [2.24, 2.45) is 5.92 Å². The summed E-state index contributed by atoms with van der Waals surface area (Å²) in [5.74, 6) is -0.630. The van der Waals surface area contributed by atoms with Gasteiger partial charge in [-0.1, -0.05) is 20.3 Å².